The van der Waals surface area contributed by atoms with E-state index >= 15 is 0 Å². The normalized spacial score (nSPS) is 17.4. The summed E-state index contributed by atoms with van der Waals surface area (Å²) >= 11 is 1.60. The van der Waals surface area contributed by atoms with Crippen molar-refractivity contribution in [3.8, 4) is 0 Å². The van der Waals surface area contributed by atoms with Crippen LogP contribution in [0.5, 0.6) is 0 Å². The summed E-state index contributed by atoms with van der Waals surface area (Å²) in [7, 11) is 0. The van der Waals surface area contributed by atoms with Crippen molar-refractivity contribution in [1.29, 1.82) is 0 Å². The van der Waals surface area contributed by atoms with Crippen molar-refractivity contribution in [2.24, 2.45) is 0 Å². The molecule has 3 heterocycles. The smallest absolute Gasteiger partial charge is 0.231 e. The first-order chi connectivity index (χ1) is 12.1. The number of thiophene rings is 1. The zero-order valence-corrected chi connectivity index (χ0v) is 13.8. The molecule has 3 aromatic rings. The first-order valence-corrected chi connectivity index (χ1v) is 8.58. The van der Waals surface area contributed by atoms with E-state index in [0.29, 0.717) is 30.4 Å². The maximum Gasteiger partial charge on any atom is 0.231 e. The molecule has 5 nitrogen and oxygen atoms in total. The number of rotatable bonds is 4. The molecule has 4 rings (SSSR count). The van der Waals surface area contributed by atoms with Crippen LogP contribution in [0.4, 0.5) is 14.5 Å². The summed E-state index contributed by atoms with van der Waals surface area (Å²) in [6.07, 6.45) is 0.759. The predicted molar refractivity (Wildman–Crippen MR) is 87.5 cm³/mol. The summed E-state index contributed by atoms with van der Waals surface area (Å²) in [5, 5.41) is 5.95. The lowest BCUT2D eigenvalue weighted by Gasteiger charge is -2.16. The van der Waals surface area contributed by atoms with Gasteiger partial charge >= 0.3 is 0 Å². The van der Waals surface area contributed by atoms with Crippen LogP contribution in [0.2, 0.25) is 0 Å². The van der Waals surface area contributed by atoms with E-state index in [1.54, 1.807) is 11.3 Å². The fraction of sp³-hybridized carbons (Fsp3) is 0.235. The molecule has 1 aliphatic heterocycles. The largest absolute Gasteiger partial charge is 0.339 e. The fourth-order valence-electron chi connectivity index (χ4n) is 2.85. The van der Waals surface area contributed by atoms with Gasteiger partial charge in [-0.25, -0.2) is 8.78 Å². The number of benzene rings is 1. The second-order valence-electron chi connectivity index (χ2n) is 5.81. The van der Waals surface area contributed by atoms with Crippen LogP contribution in [0.3, 0.4) is 0 Å². The molecule has 0 spiro atoms. The minimum atomic E-state index is -0.980. The zero-order valence-electron chi connectivity index (χ0n) is 13.0. The SMILES string of the molecule is O=C1CC(c2noc(Cc3cccs3)n2)CN1c1ccc(F)c(F)c1. The van der Waals surface area contributed by atoms with Gasteiger partial charge in [0.2, 0.25) is 11.8 Å². The van der Waals surface area contributed by atoms with E-state index in [2.05, 4.69) is 10.1 Å². The van der Waals surface area contributed by atoms with Gasteiger partial charge in [0.15, 0.2) is 17.5 Å². The minimum Gasteiger partial charge on any atom is -0.339 e. The van der Waals surface area contributed by atoms with Gasteiger partial charge in [0.25, 0.3) is 0 Å². The van der Waals surface area contributed by atoms with E-state index in [1.165, 1.54) is 11.0 Å². The highest BCUT2D eigenvalue weighted by Crippen LogP contribution is 2.31. The lowest BCUT2D eigenvalue weighted by molar-refractivity contribution is -0.117. The molecule has 2 aromatic heterocycles. The molecular weight excluding hydrogens is 348 g/mol. The van der Waals surface area contributed by atoms with Crippen LogP contribution in [0.1, 0.15) is 28.9 Å². The summed E-state index contributed by atoms with van der Waals surface area (Å²) < 4.78 is 31.8. The Morgan fingerprint density at radius 3 is 2.92 bits per heavy atom. The Hall–Kier alpha value is -2.61. The van der Waals surface area contributed by atoms with Crippen molar-refractivity contribution < 1.29 is 18.1 Å². The number of hydrogen-bond acceptors (Lipinski definition) is 5. The number of nitrogens with zero attached hydrogens (tertiary/aromatic N) is 3. The topological polar surface area (TPSA) is 59.2 Å². The molecule has 0 aliphatic carbocycles. The van der Waals surface area contributed by atoms with Crippen LogP contribution in [0.15, 0.2) is 40.2 Å². The van der Waals surface area contributed by atoms with Crippen LogP contribution in [0, 0.1) is 11.6 Å². The van der Waals surface area contributed by atoms with Crippen LogP contribution in [-0.2, 0) is 11.2 Å². The Balaban J connectivity index is 1.50. The monoisotopic (exact) mass is 361 g/mol. The van der Waals surface area contributed by atoms with E-state index in [0.717, 1.165) is 17.0 Å². The molecule has 1 aliphatic rings. The van der Waals surface area contributed by atoms with Crippen LogP contribution in [0.25, 0.3) is 0 Å². The van der Waals surface area contributed by atoms with Gasteiger partial charge in [-0.2, -0.15) is 4.98 Å². The fourth-order valence-corrected chi connectivity index (χ4v) is 3.55. The molecule has 8 heteroatoms. The summed E-state index contributed by atoms with van der Waals surface area (Å²) in [5.41, 5.74) is 0.328. The molecule has 1 amide bonds. The molecule has 0 bridgehead atoms. The molecule has 1 aromatic carbocycles. The minimum absolute atomic E-state index is 0.180. The van der Waals surface area contributed by atoms with Gasteiger partial charge < -0.3 is 9.42 Å². The molecule has 1 unspecified atom stereocenters. The number of halogens is 2. The third-order valence-electron chi connectivity index (χ3n) is 4.09. The van der Waals surface area contributed by atoms with Crippen molar-refractivity contribution in [3.05, 3.63) is 63.9 Å². The second-order valence-corrected chi connectivity index (χ2v) is 6.84. The lowest BCUT2D eigenvalue weighted by Crippen LogP contribution is -2.24. The van der Waals surface area contributed by atoms with Crippen molar-refractivity contribution in [1.82, 2.24) is 10.1 Å². The Morgan fingerprint density at radius 1 is 1.28 bits per heavy atom. The van der Waals surface area contributed by atoms with E-state index < -0.39 is 11.6 Å². The molecule has 25 heavy (non-hydrogen) atoms. The van der Waals surface area contributed by atoms with Gasteiger partial charge in [-0.05, 0) is 23.6 Å². The Kier molecular flexibility index (Phi) is 4.04. The van der Waals surface area contributed by atoms with Gasteiger partial charge in [-0.3, -0.25) is 4.79 Å². The molecule has 1 atom stereocenters. The first-order valence-electron chi connectivity index (χ1n) is 7.70. The van der Waals surface area contributed by atoms with Crippen molar-refractivity contribution in [3.63, 3.8) is 0 Å². The third kappa shape index (κ3) is 3.17. The van der Waals surface area contributed by atoms with Gasteiger partial charge in [-0.1, -0.05) is 11.2 Å². The Labute approximate surface area is 145 Å². The maximum absolute atomic E-state index is 13.4. The molecular formula is C17H13F2N3O2S. The van der Waals surface area contributed by atoms with Gasteiger partial charge in [0, 0.05) is 35.5 Å². The number of carbonyl (C=O) groups excluding carboxylic acids is 1. The summed E-state index contributed by atoms with van der Waals surface area (Å²) in [4.78, 5) is 19.2. The summed E-state index contributed by atoms with van der Waals surface area (Å²) in [6, 6.07) is 7.36. The van der Waals surface area contributed by atoms with E-state index in [1.807, 2.05) is 17.5 Å². The summed E-state index contributed by atoms with van der Waals surface area (Å²) in [5.74, 6) is -1.38. The molecule has 0 saturated carbocycles. The van der Waals surface area contributed by atoms with Crippen molar-refractivity contribution in [2.45, 2.75) is 18.8 Å². The molecule has 1 saturated heterocycles. The van der Waals surface area contributed by atoms with Crippen LogP contribution < -0.4 is 4.90 Å². The lowest BCUT2D eigenvalue weighted by atomic mass is 10.1. The second kappa shape index (κ2) is 6.36. The van der Waals surface area contributed by atoms with Crippen LogP contribution in [-0.4, -0.2) is 22.6 Å². The van der Waals surface area contributed by atoms with E-state index in [-0.39, 0.29) is 18.2 Å². The highest BCUT2D eigenvalue weighted by molar-refractivity contribution is 7.09. The van der Waals surface area contributed by atoms with Gasteiger partial charge in [-0.15, -0.1) is 11.3 Å². The maximum atomic E-state index is 13.4. The van der Waals surface area contributed by atoms with Gasteiger partial charge in [0.05, 0.1) is 6.42 Å². The number of aromatic nitrogens is 2. The Morgan fingerprint density at radius 2 is 2.16 bits per heavy atom. The highest BCUT2D eigenvalue weighted by atomic mass is 32.1. The van der Waals surface area contributed by atoms with Gasteiger partial charge in [0.1, 0.15) is 0 Å². The number of amides is 1. The number of carbonyl (C=O) groups is 1. The number of anilines is 1. The Bertz CT molecular complexity index is 911. The van der Waals surface area contributed by atoms with E-state index in [4.69, 9.17) is 4.52 Å². The first kappa shape index (κ1) is 15.9. The predicted octanol–water partition coefficient (Wildman–Crippen LogP) is 3.52. The van der Waals surface area contributed by atoms with E-state index in [9.17, 15) is 13.6 Å². The highest BCUT2D eigenvalue weighted by Gasteiger charge is 2.34. The third-order valence-corrected chi connectivity index (χ3v) is 4.97. The quantitative estimate of drug-likeness (QED) is 0.713. The van der Waals surface area contributed by atoms with Crippen LogP contribution >= 0.6 is 11.3 Å². The molecule has 1 fully saturated rings. The molecule has 0 N–H and O–H groups in total. The zero-order chi connectivity index (χ0) is 17.4. The van der Waals surface area contributed by atoms with Crippen molar-refractivity contribution in [2.75, 3.05) is 11.4 Å². The average Bonchev–Trinajstić information content (AvgIpc) is 3.32. The number of hydrogen-bond donors (Lipinski definition) is 0. The van der Waals surface area contributed by atoms with Crippen molar-refractivity contribution >= 4 is 22.9 Å². The average molecular weight is 361 g/mol. The molecule has 128 valence electrons. The standard InChI is InChI=1S/C17H13F2N3O2S/c18-13-4-3-11(7-14(13)19)22-9-10(6-16(22)23)17-20-15(24-21-17)8-12-2-1-5-25-12/h1-5,7,10H,6,8-9H2. The summed E-state index contributed by atoms with van der Waals surface area (Å²) in [6.45, 7) is 0.307. The molecule has 0 radical (unpaired) electrons.